The lowest BCUT2D eigenvalue weighted by molar-refractivity contribution is -0.120. The number of fused-ring (bicyclic) bond motifs is 3. The van der Waals surface area contributed by atoms with Crippen LogP contribution in [0.3, 0.4) is 0 Å². The van der Waals surface area contributed by atoms with Gasteiger partial charge in [-0.15, -0.1) is 11.3 Å². The van der Waals surface area contributed by atoms with E-state index in [9.17, 15) is 9.59 Å². The second-order valence-electron chi connectivity index (χ2n) is 6.45. The number of hydrogen-bond acceptors (Lipinski definition) is 4. The van der Waals surface area contributed by atoms with Gasteiger partial charge in [0.1, 0.15) is 16.7 Å². The van der Waals surface area contributed by atoms with Gasteiger partial charge in [-0.05, 0) is 38.2 Å². The Morgan fingerprint density at radius 3 is 2.68 bits per heavy atom. The zero-order valence-corrected chi connectivity index (χ0v) is 14.8. The molecule has 2 aromatic heterocycles. The summed E-state index contributed by atoms with van der Waals surface area (Å²) in [7, 11) is 0. The topological polar surface area (TPSA) is 78.0 Å². The minimum atomic E-state index is -0.751. The van der Waals surface area contributed by atoms with Crippen molar-refractivity contribution in [1.29, 1.82) is 0 Å². The van der Waals surface area contributed by atoms with E-state index < -0.39 is 11.9 Å². The van der Waals surface area contributed by atoms with E-state index >= 15 is 0 Å². The molecule has 1 unspecified atom stereocenters. The zero-order valence-electron chi connectivity index (χ0n) is 14.0. The molecule has 0 saturated heterocycles. The number of aryl methyl sites for hydroxylation is 2. The highest BCUT2D eigenvalue weighted by Crippen LogP contribution is 2.35. The number of benzene rings is 1. The van der Waals surface area contributed by atoms with Crippen LogP contribution in [0.5, 0.6) is 0 Å². The zero-order chi connectivity index (χ0) is 17.6. The predicted molar refractivity (Wildman–Crippen MR) is 99.9 cm³/mol. The van der Waals surface area contributed by atoms with Crippen LogP contribution in [0, 0.1) is 0 Å². The smallest absolute Gasteiger partial charge is 0.263 e. The first-order valence-electron chi connectivity index (χ1n) is 8.49. The highest BCUT2D eigenvalue weighted by molar-refractivity contribution is 7.18. The molecule has 1 atom stereocenters. The van der Waals surface area contributed by atoms with Gasteiger partial charge in [0.25, 0.3) is 5.56 Å². The molecule has 4 rings (SSSR count). The highest BCUT2D eigenvalue weighted by Gasteiger charge is 2.25. The van der Waals surface area contributed by atoms with Gasteiger partial charge in [0.15, 0.2) is 0 Å². The molecule has 0 fully saturated rings. The highest BCUT2D eigenvalue weighted by atomic mass is 32.1. The predicted octanol–water partition coefficient (Wildman–Crippen LogP) is 3.05. The number of nitrogens with two attached hydrogens (primary N) is 1. The lowest BCUT2D eigenvalue weighted by Crippen LogP contribution is -2.34. The van der Waals surface area contributed by atoms with Crippen molar-refractivity contribution in [2.45, 2.75) is 38.6 Å². The summed E-state index contributed by atoms with van der Waals surface area (Å²) < 4.78 is 1.46. The molecule has 0 aliphatic heterocycles. The monoisotopic (exact) mass is 353 g/mol. The molecule has 1 aromatic carbocycles. The fourth-order valence-electron chi connectivity index (χ4n) is 3.49. The van der Waals surface area contributed by atoms with Crippen LogP contribution in [0.1, 0.15) is 36.2 Å². The van der Waals surface area contributed by atoms with E-state index in [0.29, 0.717) is 11.2 Å². The summed E-state index contributed by atoms with van der Waals surface area (Å²) in [6, 6.07) is 8.73. The number of primary amides is 1. The van der Waals surface area contributed by atoms with Crippen molar-refractivity contribution in [3.8, 4) is 11.4 Å². The van der Waals surface area contributed by atoms with Gasteiger partial charge in [-0.1, -0.05) is 30.3 Å². The van der Waals surface area contributed by atoms with Crippen molar-refractivity contribution in [3.05, 3.63) is 51.1 Å². The van der Waals surface area contributed by atoms with E-state index in [-0.39, 0.29) is 5.56 Å². The molecule has 1 aliphatic carbocycles. The maximum atomic E-state index is 13.3. The SMILES string of the molecule is CC(C(N)=O)n1c(-c2ccccc2)nc2sc3c(c2c1=O)CCCC3. The molecule has 2 N–H and O–H groups in total. The van der Waals surface area contributed by atoms with E-state index in [1.807, 2.05) is 30.3 Å². The Kier molecular flexibility index (Phi) is 3.92. The Hall–Kier alpha value is -2.47. The van der Waals surface area contributed by atoms with E-state index in [1.54, 1.807) is 18.3 Å². The van der Waals surface area contributed by atoms with E-state index in [1.165, 1.54) is 9.44 Å². The number of amides is 1. The first kappa shape index (κ1) is 16.0. The number of hydrogen-bond donors (Lipinski definition) is 1. The lowest BCUT2D eigenvalue weighted by Gasteiger charge is -2.17. The Bertz CT molecular complexity index is 1020. The summed E-state index contributed by atoms with van der Waals surface area (Å²) >= 11 is 1.61. The largest absolute Gasteiger partial charge is 0.368 e. The molecule has 5 nitrogen and oxygen atoms in total. The number of carbonyl (C=O) groups is 1. The maximum absolute atomic E-state index is 13.3. The molecular weight excluding hydrogens is 334 g/mol. The molecule has 6 heteroatoms. The van der Waals surface area contributed by atoms with Crippen LogP contribution in [-0.2, 0) is 17.6 Å². The van der Waals surface area contributed by atoms with Crippen LogP contribution in [-0.4, -0.2) is 15.5 Å². The Balaban J connectivity index is 2.08. The minimum Gasteiger partial charge on any atom is -0.368 e. The van der Waals surface area contributed by atoms with Crippen molar-refractivity contribution >= 4 is 27.5 Å². The normalized spacial score (nSPS) is 15.1. The molecule has 0 saturated carbocycles. The molecular formula is C19H19N3O2S. The van der Waals surface area contributed by atoms with Crippen LogP contribution in [0.2, 0.25) is 0 Å². The van der Waals surface area contributed by atoms with E-state index in [4.69, 9.17) is 10.7 Å². The second-order valence-corrected chi connectivity index (χ2v) is 7.53. The second kappa shape index (κ2) is 6.11. The molecule has 1 amide bonds. The first-order chi connectivity index (χ1) is 12.1. The fourth-order valence-corrected chi connectivity index (χ4v) is 4.75. The maximum Gasteiger partial charge on any atom is 0.263 e. The van der Waals surface area contributed by atoms with Gasteiger partial charge < -0.3 is 5.73 Å². The van der Waals surface area contributed by atoms with Crippen molar-refractivity contribution in [2.24, 2.45) is 5.73 Å². The van der Waals surface area contributed by atoms with Crippen molar-refractivity contribution in [1.82, 2.24) is 9.55 Å². The molecule has 128 valence electrons. The van der Waals surface area contributed by atoms with Gasteiger partial charge in [0.05, 0.1) is 5.39 Å². The summed E-state index contributed by atoms with van der Waals surface area (Å²) in [5.41, 5.74) is 7.29. The van der Waals surface area contributed by atoms with Gasteiger partial charge >= 0.3 is 0 Å². The molecule has 2 heterocycles. The van der Waals surface area contributed by atoms with Gasteiger partial charge in [-0.25, -0.2) is 4.98 Å². The van der Waals surface area contributed by atoms with Gasteiger partial charge in [-0.3, -0.25) is 14.2 Å². The third kappa shape index (κ3) is 2.57. The summed E-state index contributed by atoms with van der Waals surface area (Å²) in [5, 5.41) is 0.674. The number of carbonyl (C=O) groups excluding carboxylic acids is 1. The summed E-state index contributed by atoms with van der Waals surface area (Å²) in [4.78, 5) is 32.0. The van der Waals surface area contributed by atoms with Crippen LogP contribution < -0.4 is 11.3 Å². The molecule has 3 aromatic rings. The number of aromatic nitrogens is 2. The fraction of sp³-hybridized carbons (Fsp3) is 0.316. The van der Waals surface area contributed by atoms with E-state index in [0.717, 1.165) is 41.6 Å². The quantitative estimate of drug-likeness (QED) is 0.786. The van der Waals surface area contributed by atoms with Gasteiger partial charge in [-0.2, -0.15) is 0 Å². The number of rotatable bonds is 3. The molecule has 0 radical (unpaired) electrons. The molecule has 25 heavy (non-hydrogen) atoms. The average Bonchev–Trinajstić information content (AvgIpc) is 3.00. The van der Waals surface area contributed by atoms with Crippen LogP contribution in [0.25, 0.3) is 21.6 Å². The van der Waals surface area contributed by atoms with Gasteiger partial charge in [0, 0.05) is 10.4 Å². The van der Waals surface area contributed by atoms with Crippen molar-refractivity contribution < 1.29 is 4.79 Å². The number of nitrogens with zero attached hydrogens (tertiary/aromatic N) is 2. The van der Waals surface area contributed by atoms with Gasteiger partial charge in [0.2, 0.25) is 5.91 Å². The third-order valence-corrected chi connectivity index (χ3v) is 6.04. The molecule has 1 aliphatic rings. The van der Waals surface area contributed by atoms with Crippen molar-refractivity contribution in [3.63, 3.8) is 0 Å². The lowest BCUT2D eigenvalue weighted by atomic mass is 9.97. The molecule has 0 bridgehead atoms. The summed E-state index contributed by atoms with van der Waals surface area (Å²) in [6.07, 6.45) is 4.14. The molecule has 0 spiro atoms. The van der Waals surface area contributed by atoms with Crippen LogP contribution >= 0.6 is 11.3 Å². The Morgan fingerprint density at radius 2 is 1.96 bits per heavy atom. The first-order valence-corrected chi connectivity index (χ1v) is 9.31. The number of thiophene rings is 1. The summed E-state index contributed by atoms with van der Waals surface area (Å²) in [6.45, 7) is 1.66. The van der Waals surface area contributed by atoms with Crippen molar-refractivity contribution in [2.75, 3.05) is 0 Å². The Labute approximate surface area is 149 Å². The standard InChI is InChI=1S/C19H19N3O2S/c1-11(16(20)23)22-17(12-7-3-2-4-8-12)21-18-15(19(22)24)13-9-5-6-10-14(13)25-18/h2-4,7-8,11H,5-6,9-10H2,1H3,(H2,20,23). The minimum absolute atomic E-state index is 0.158. The van der Waals surface area contributed by atoms with Crippen LogP contribution in [0.15, 0.2) is 35.1 Å². The summed E-state index contributed by atoms with van der Waals surface area (Å²) in [5.74, 6) is -0.0347. The van der Waals surface area contributed by atoms with E-state index in [2.05, 4.69) is 0 Å². The third-order valence-electron chi connectivity index (χ3n) is 4.85. The average molecular weight is 353 g/mol. The van der Waals surface area contributed by atoms with Crippen LogP contribution in [0.4, 0.5) is 0 Å². The Morgan fingerprint density at radius 1 is 1.24 bits per heavy atom.